The standard InChI is InChI=1S/C26H29F3O.C9H18/c1-6-18(4)8-7-9-19(5)24-15-21(20-10-12-22(27)13-11-20)14-23(17(2)3)26(24)30-16-25(28)29;1-5-7-9(4)8(3)6-2/h6-15,17,25H,16H2,1-5H3;5-7H2,1-4H3/b8-7+,18-6+,19-9-;9-8-. The van der Waals surface area contributed by atoms with Gasteiger partial charge in [0.15, 0.2) is 0 Å². The van der Waals surface area contributed by atoms with Crippen LogP contribution in [0.2, 0.25) is 0 Å². The molecule has 2 aromatic carbocycles. The van der Waals surface area contributed by atoms with Gasteiger partial charge in [-0.3, -0.25) is 0 Å². The first-order valence-corrected chi connectivity index (χ1v) is 13.9. The zero-order chi connectivity index (χ0) is 29.5. The average Bonchev–Trinajstić information content (AvgIpc) is 2.91. The van der Waals surface area contributed by atoms with Crippen molar-refractivity contribution < 1.29 is 17.9 Å². The van der Waals surface area contributed by atoms with E-state index in [0.29, 0.717) is 5.75 Å². The van der Waals surface area contributed by atoms with E-state index in [4.69, 9.17) is 4.74 Å². The zero-order valence-electron chi connectivity index (χ0n) is 25.3. The lowest BCUT2D eigenvalue weighted by Crippen LogP contribution is -2.10. The molecule has 0 fully saturated rings. The average molecular weight is 541 g/mol. The van der Waals surface area contributed by atoms with Crippen molar-refractivity contribution in [1.29, 1.82) is 0 Å². The van der Waals surface area contributed by atoms with Gasteiger partial charge in [-0.15, -0.1) is 0 Å². The van der Waals surface area contributed by atoms with Gasteiger partial charge in [0.05, 0.1) is 0 Å². The summed E-state index contributed by atoms with van der Waals surface area (Å²) < 4.78 is 44.8. The smallest absolute Gasteiger partial charge is 0.272 e. The van der Waals surface area contributed by atoms with Crippen LogP contribution in [0.5, 0.6) is 5.75 Å². The summed E-state index contributed by atoms with van der Waals surface area (Å²) >= 11 is 0. The lowest BCUT2D eigenvalue weighted by Gasteiger charge is -2.20. The van der Waals surface area contributed by atoms with Gasteiger partial charge in [-0.05, 0) is 99.9 Å². The van der Waals surface area contributed by atoms with Crippen molar-refractivity contribution >= 4 is 5.57 Å². The molecule has 0 aliphatic carbocycles. The molecule has 0 saturated carbocycles. The molecule has 4 heteroatoms. The van der Waals surface area contributed by atoms with Crippen molar-refractivity contribution in [3.63, 3.8) is 0 Å². The van der Waals surface area contributed by atoms with E-state index >= 15 is 0 Å². The Morgan fingerprint density at radius 2 is 1.56 bits per heavy atom. The minimum Gasteiger partial charge on any atom is -0.487 e. The Labute approximate surface area is 235 Å². The number of rotatable bonds is 11. The van der Waals surface area contributed by atoms with Crippen molar-refractivity contribution in [2.45, 2.75) is 93.9 Å². The summed E-state index contributed by atoms with van der Waals surface area (Å²) in [6.07, 6.45) is 9.07. The van der Waals surface area contributed by atoms with Gasteiger partial charge in [-0.25, -0.2) is 13.2 Å². The highest BCUT2D eigenvalue weighted by molar-refractivity contribution is 5.78. The number of benzene rings is 2. The third kappa shape index (κ3) is 11.7. The van der Waals surface area contributed by atoms with E-state index < -0.39 is 13.0 Å². The quantitative estimate of drug-likeness (QED) is 0.203. The van der Waals surface area contributed by atoms with Crippen LogP contribution in [-0.4, -0.2) is 13.0 Å². The Morgan fingerprint density at radius 1 is 0.923 bits per heavy atom. The number of ether oxygens (including phenoxy) is 1. The molecule has 0 aliphatic rings. The molecule has 39 heavy (non-hydrogen) atoms. The number of alkyl halides is 2. The molecule has 0 aromatic heterocycles. The van der Waals surface area contributed by atoms with Crippen LogP contribution in [0.3, 0.4) is 0 Å². The first kappa shape index (κ1) is 34.0. The Kier molecular flexibility index (Phi) is 15.3. The predicted octanol–water partition coefficient (Wildman–Crippen LogP) is 11.7. The molecular weight excluding hydrogens is 493 g/mol. The second kappa shape index (κ2) is 17.6. The molecule has 0 heterocycles. The summed E-state index contributed by atoms with van der Waals surface area (Å²) in [5, 5.41) is 0. The minimum absolute atomic E-state index is 0.0606. The topological polar surface area (TPSA) is 9.23 Å². The molecule has 2 rings (SSSR count). The van der Waals surface area contributed by atoms with Crippen molar-refractivity contribution in [2.75, 3.05) is 6.61 Å². The molecule has 0 bridgehead atoms. The second-order valence-electron chi connectivity index (χ2n) is 10.2. The lowest BCUT2D eigenvalue weighted by atomic mass is 9.90. The lowest BCUT2D eigenvalue weighted by molar-refractivity contribution is 0.0811. The fraction of sp³-hybridized carbons (Fsp3) is 0.429. The fourth-order valence-corrected chi connectivity index (χ4v) is 3.91. The van der Waals surface area contributed by atoms with Crippen LogP contribution < -0.4 is 4.74 Å². The molecule has 0 aliphatic heterocycles. The van der Waals surface area contributed by atoms with E-state index in [1.807, 2.05) is 71.1 Å². The highest BCUT2D eigenvalue weighted by Crippen LogP contribution is 2.39. The number of hydrogen-bond donors (Lipinski definition) is 0. The first-order chi connectivity index (χ1) is 18.4. The van der Waals surface area contributed by atoms with Crippen molar-refractivity contribution in [2.24, 2.45) is 0 Å². The Morgan fingerprint density at radius 3 is 2.08 bits per heavy atom. The molecule has 0 atom stereocenters. The van der Waals surface area contributed by atoms with Crippen LogP contribution in [-0.2, 0) is 0 Å². The number of halogens is 3. The molecule has 0 spiro atoms. The largest absolute Gasteiger partial charge is 0.487 e. The predicted molar refractivity (Wildman–Crippen MR) is 163 cm³/mol. The van der Waals surface area contributed by atoms with Crippen molar-refractivity contribution in [3.8, 4) is 16.9 Å². The molecule has 0 saturated heterocycles. The molecule has 0 unspecified atom stereocenters. The highest BCUT2D eigenvalue weighted by Gasteiger charge is 2.18. The van der Waals surface area contributed by atoms with Gasteiger partial charge < -0.3 is 4.74 Å². The van der Waals surface area contributed by atoms with Gasteiger partial charge in [0.2, 0.25) is 0 Å². The maximum atomic E-state index is 13.4. The molecule has 214 valence electrons. The summed E-state index contributed by atoms with van der Waals surface area (Å²) in [6.45, 7) is 18.1. The molecule has 0 radical (unpaired) electrons. The minimum atomic E-state index is -2.56. The summed E-state index contributed by atoms with van der Waals surface area (Å²) in [7, 11) is 0. The summed E-state index contributed by atoms with van der Waals surface area (Å²) in [6, 6.07) is 10.1. The van der Waals surface area contributed by atoms with E-state index in [2.05, 4.69) is 27.7 Å². The Balaban J connectivity index is 0.000000724. The third-order valence-electron chi connectivity index (χ3n) is 6.74. The normalized spacial score (nSPS) is 13.1. The monoisotopic (exact) mass is 540 g/mol. The van der Waals surface area contributed by atoms with Crippen LogP contribution in [0, 0.1) is 5.82 Å². The molecule has 2 aromatic rings. The number of allylic oxidation sites excluding steroid dienone is 8. The maximum Gasteiger partial charge on any atom is 0.272 e. The van der Waals surface area contributed by atoms with Gasteiger partial charge in [-0.1, -0.05) is 87.3 Å². The summed E-state index contributed by atoms with van der Waals surface area (Å²) in [4.78, 5) is 0. The van der Waals surface area contributed by atoms with Gasteiger partial charge >= 0.3 is 0 Å². The van der Waals surface area contributed by atoms with Gasteiger partial charge in [0.25, 0.3) is 6.43 Å². The summed E-state index contributed by atoms with van der Waals surface area (Å²) in [5.41, 5.74) is 8.50. The molecule has 0 N–H and O–H groups in total. The highest BCUT2D eigenvalue weighted by atomic mass is 19.3. The number of hydrogen-bond acceptors (Lipinski definition) is 1. The fourth-order valence-electron chi connectivity index (χ4n) is 3.91. The maximum absolute atomic E-state index is 13.4. The van der Waals surface area contributed by atoms with Crippen LogP contribution in [0.15, 0.2) is 77.4 Å². The second-order valence-corrected chi connectivity index (χ2v) is 10.2. The van der Waals surface area contributed by atoms with Gasteiger partial charge in [0, 0.05) is 5.56 Å². The van der Waals surface area contributed by atoms with Crippen LogP contribution in [0.25, 0.3) is 16.7 Å². The van der Waals surface area contributed by atoms with Gasteiger partial charge in [-0.2, -0.15) is 0 Å². The third-order valence-corrected chi connectivity index (χ3v) is 6.74. The van der Waals surface area contributed by atoms with Crippen molar-refractivity contribution in [1.82, 2.24) is 0 Å². The molecule has 0 amide bonds. The summed E-state index contributed by atoms with van der Waals surface area (Å²) in [5.74, 6) is 0.229. The van der Waals surface area contributed by atoms with Crippen LogP contribution >= 0.6 is 0 Å². The van der Waals surface area contributed by atoms with E-state index in [1.54, 1.807) is 23.3 Å². The first-order valence-electron chi connectivity index (χ1n) is 13.9. The molecular formula is C35H47F3O. The Bertz CT molecular complexity index is 1150. The SMILES string of the molecule is C/C=C(C)/C=C/C=C(/C)c1cc(-c2ccc(F)cc2)cc(C(C)C)c1OCC(F)F.CCC/C(C)=C(/C)CC. The van der Waals surface area contributed by atoms with E-state index in [-0.39, 0.29) is 11.7 Å². The van der Waals surface area contributed by atoms with Crippen LogP contribution in [0.1, 0.15) is 98.6 Å². The van der Waals surface area contributed by atoms with E-state index in [9.17, 15) is 13.2 Å². The van der Waals surface area contributed by atoms with Crippen molar-refractivity contribution in [3.05, 3.63) is 94.4 Å². The molecule has 1 nitrogen and oxygen atoms in total. The van der Waals surface area contributed by atoms with E-state index in [0.717, 1.165) is 33.4 Å². The van der Waals surface area contributed by atoms with Crippen LogP contribution in [0.4, 0.5) is 13.2 Å². The zero-order valence-corrected chi connectivity index (χ0v) is 25.3. The van der Waals surface area contributed by atoms with Gasteiger partial charge in [0.1, 0.15) is 18.2 Å². The van der Waals surface area contributed by atoms with E-state index in [1.165, 1.54) is 31.4 Å². The Hall–Kier alpha value is -3.01.